The van der Waals surface area contributed by atoms with Crippen LogP contribution in [0.5, 0.6) is 0 Å². The minimum atomic E-state index is -0.196. The molecule has 24 heavy (non-hydrogen) atoms. The second-order valence-corrected chi connectivity index (χ2v) is 6.92. The van der Waals surface area contributed by atoms with Crippen LogP contribution in [0.15, 0.2) is 42.0 Å². The largest absolute Gasteiger partial charge is 0.332 e. The van der Waals surface area contributed by atoms with Crippen LogP contribution in [-0.4, -0.2) is 29.2 Å². The molecule has 0 aromatic heterocycles. The number of ketones is 1. The summed E-state index contributed by atoms with van der Waals surface area (Å²) in [6.07, 6.45) is 10.4. The van der Waals surface area contributed by atoms with Crippen molar-refractivity contribution in [1.29, 1.82) is 0 Å². The van der Waals surface area contributed by atoms with Crippen LogP contribution >= 0.6 is 0 Å². The molecule has 2 aliphatic rings. The first kappa shape index (κ1) is 16.9. The van der Waals surface area contributed by atoms with E-state index in [1.54, 1.807) is 0 Å². The molecule has 128 valence electrons. The highest BCUT2D eigenvalue weighted by Gasteiger charge is 2.34. The Morgan fingerprint density at radius 1 is 1.08 bits per heavy atom. The average molecular weight is 325 g/mol. The van der Waals surface area contributed by atoms with Gasteiger partial charge in [0.2, 0.25) is 5.91 Å². The number of benzene rings is 1. The van der Waals surface area contributed by atoms with Crippen molar-refractivity contribution < 1.29 is 9.59 Å². The van der Waals surface area contributed by atoms with Crippen LogP contribution in [0.4, 0.5) is 0 Å². The molecule has 0 spiro atoms. The normalized spacial score (nSPS) is 20.8. The van der Waals surface area contributed by atoms with Crippen LogP contribution in [0.25, 0.3) is 0 Å². The molecule has 0 saturated carbocycles. The molecule has 1 saturated heterocycles. The summed E-state index contributed by atoms with van der Waals surface area (Å²) in [6.45, 7) is 0.744. The van der Waals surface area contributed by atoms with Gasteiger partial charge in [-0.2, -0.15) is 0 Å². The van der Waals surface area contributed by atoms with E-state index in [-0.39, 0.29) is 17.7 Å². The minimum Gasteiger partial charge on any atom is -0.332 e. The third kappa shape index (κ3) is 4.14. The maximum absolute atomic E-state index is 12.7. The third-order valence-electron chi connectivity index (χ3n) is 5.18. The van der Waals surface area contributed by atoms with Crippen LogP contribution in [0, 0.1) is 0 Å². The lowest BCUT2D eigenvalue weighted by Gasteiger charge is -2.25. The zero-order chi connectivity index (χ0) is 16.8. The minimum absolute atomic E-state index is 0.151. The molecule has 3 rings (SSSR count). The van der Waals surface area contributed by atoms with Gasteiger partial charge in [-0.1, -0.05) is 36.4 Å². The van der Waals surface area contributed by atoms with Gasteiger partial charge in [-0.15, -0.1) is 0 Å². The third-order valence-corrected chi connectivity index (χ3v) is 5.18. The van der Waals surface area contributed by atoms with Crippen LogP contribution in [0.3, 0.4) is 0 Å². The lowest BCUT2D eigenvalue weighted by Crippen LogP contribution is -2.41. The van der Waals surface area contributed by atoms with Crippen molar-refractivity contribution in [3.63, 3.8) is 0 Å². The maximum Gasteiger partial charge on any atom is 0.223 e. The molecule has 0 unspecified atom stereocenters. The molecule has 0 bridgehead atoms. The van der Waals surface area contributed by atoms with E-state index in [1.807, 2.05) is 23.1 Å². The number of carbonyl (C=O) groups is 2. The number of nitrogens with zero attached hydrogens (tertiary/aromatic N) is 1. The number of amides is 1. The fourth-order valence-corrected chi connectivity index (χ4v) is 3.85. The second kappa shape index (κ2) is 8.27. The Balaban J connectivity index is 1.53. The molecule has 1 aliphatic heterocycles. The Kier molecular flexibility index (Phi) is 5.84. The SMILES string of the molecule is O=C(C1=CCCCC1)[C@@H]1CCCN1C(=O)CCCc1ccccc1. The summed E-state index contributed by atoms with van der Waals surface area (Å²) in [5.74, 6) is 0.363. The molecule has 0 N–H and O–H groups in total. The first-order valence-corrected chi connectivity index (χ1v) is 9.32. The number of Topliss-reactive ketones (excluding diaryl/α,β-unsaturated/α-hetero) is 1. The van der Waals surface area contributed by atoms with Crippen LogP contribution in [-0.2, 0) is 16.0 Å². The first-order valence-electron chi connectivity index (χ1n) is 9.32. The van der Waals surface area contributed by atoms with Crippen LogP contribution < -0.4 is 0 Å². The molecule has 0 radical (unpaired) electrons. The van der Waals surface area contributed by atoms with Gasteiger partial charge in [0.25, 0.3) is 0 Å². The van der Waals surface area contributed by atoms with E-state index >= 15 is 0 Å². The molecular weight excluding hydrogens is 298 g/mol. The summed E-state index contributed by atoms with van der Waals surface area (Å²) >= 11 is 0. The first-order chi connectivity index (χ1) is 11.8. The number of carbonyl (C=O) groups excluding carboxylic acids is 2. The Hall–Kier alpha value is -1.90. The van der Waals surface area contributed by atoms with E-state index in [2.05, 4.69) is 18.2 Å². The molecule has 1 heterocycles. The molecule has 1 aromatic rings. The number of hydrogen-bond donors (Lipinski definition) is 0. The van der Waals surface area contributed by atoms with Crippen molar-refractivity contribution in [1.82, 2.24) is 4.90 Å². The van der Waals surface area contributed by atoms with Gasteiger partial charge < -0.3 is 4.90 Å². The zero-order valence-electron chi connectivity index (χ0n) is 14.4. The smallest absolute Gasteiger partial charge is 0.223 e. The Bertz CT molecular complexity index is 606. The fourth-order valence-electron chi connectivity index (χ4n) is 3.85. The highest BCUT2D eigenvalue weighted by molar-refractivity contribution is 6.01. The average Bonchev–Trinajstić information content (AvgIpc) is 3.12. The lowest BCUT2D eigenvalue weighted by molar-refractivity contribution is -0.136. The van der Waals surface area contributed by atoms with E-state index in [1.165, 1.54) is 12.0 Å². The quantitative estimate of drug-likeness (QED) is 0.790. The predicted molar refractivity (Wildman–Crippen MR) is 95.7 cm³/mol. The molecule has 1 amide bonds. The number of hydrogen-bond acceptors (Lipinski definition) is 2. The molecule has 1 aliphatic carbocycles. The van der Waals surface area contributed by atoms with Crippen LogP contribution in [0.2, 0.25) is 0 Å². The van der Waals surface area contributed by atoms with Gasteiger partial charge in [0.05, 0.1) is 6.04 Å². The number of rotatable bonds is 6. The summed E-state index contributed by atoms with van der Waals surface area (Å²) < 4.78 is 0. The topological polar surface area (TPSA) is 37.4 Å². The van der Waals surface area contributed by atoms with E-state index in [0.717, 1.165) is 57.1 Å². The number of aryl methyl sites for hydroxylation is 1. The summed E-state index contributed by atoms with van der Waals surface area (Å²) in [6, 6.07) is 10.1. The van der Waals surface area contributed by atoms with Crippen LogP contribution in [0.1, 0.15) is 56.9 Å². The Morgan fingerprint density at radius 3 is 2.67 bits per heavy atom. The van der Waals surface area contributed by atoms with Gasteiger partial charge >= 0.3 is 0 Å². The van der Waals surface area contributed by atoms with E-state index in [9.17, 15) is 9.59 Å². The number of likely N-dealkylation sites (tertiary alicyclic amines) is 1. The van der Waals surface area contributed by atoms with Crippen molar-refractivity contribution in [3.8, 4) is 0 Å². The zero-order valence-corrected chi connectivity index (χ0v) is 14.4. The van der Waals surface area contributed by atoms with Gasteiger partial charge in [-0.3, -0.25) is 9.59 Å². The van der Waals surface area contributed by atoms with E-state index < -0.39 is 0 Å². The van der Waals surface area contributed by atoms with Gasteiger partial charge in [-0.25, -0.2) is 0 Å². The Labute approximate surface area is 144 Å². The lowest BCUT2D eigenvalue weighted by atomic mass is 9.92. The summed E-state index contributed by atoms with van der Waals surface area (Å²) in [7, 11) is 0. The van der Waals surface area contributed by atoms with Gasteiger partial charge in [0.15, 0.2) is 5.78 Å². The van der Waals surface area contributed by atoms with E-state index in [4.69, 9.17) is 0 Å². The van der Waals surface area contributed by atoms with Crippen molar-refractivity contribution in [2.24, 2.45) is 0 Å². The molecule has 1 aromatic carbocycles. The molecule has 3 heteroatoms. The Morgan fingerprint density at radius 2 is 1.92 bits per heavy atom. The number of allylic oxidation sites excluding steroid dienone is 1. The highest BCUT2D eigenvalue weighted by atomic mass is 16.2. The van der Waals surface area contributed by atoms with Gasteiger partial charge in [0.1, 0.15) is 0 Å². The summed E-state index contributed by atoms with van der Waals surface area (Å²) in [5, 5.41) is 0. The second-order valence-electron chi connectivity index (χ2n) is 6.92. The molecular formula is C21H27NO2. The molecule has 1 fully saturated rings. The van der Waals surface area contributed by atoms with Crippen molar-refractivity contribution in [3.05, 3.63) is 47.5 Å². The van der Waals surface area contributed by atoms with Gasteiger partial charge in [0, 0.05) is 13.0 Å². The maximum atomic E-state index is 12.7. The summed E-state index contributed by atoms with van der Waals surface area (Å²) in [5.41, 5.74) is 2.24. The fraction of sp³-hybridized carbons (Fsp3) is 0.524. The molecule has 1 atom stereocenters. The monoisotopic (exact) mass is 325 g/mol. The van der Waals surface area contributed by atoms with Crippen molar-refractivity contribution in [2.75, 3.05) is 6.54 Å². The van der Waals surface area contributed by atoms with Crippen molar-refractivity contribution >= 4 is 11.7 Å². The predicted octanol–water partition coefficient (Wildman–Crippen LogP) is 4.07. The van der Waals surface area contributed by atoms with Crippen molar-refractivity contribution in [2.45, 2.75) is 63.8 Å². The van der Waals surface area contributed by atoms with Gasteiger partial charge in [-0.05, 0) is 62.5 Å². The highest BCUT2D eigenvalue weighted by Crippen LogP contribution is 2.26. The van der Waals surface area contributed by atoms with E-state index in [0.29, 0.717) is 6.42 Å². The molecule has 3 nitrogen and oxygen atoms in total. The standard InChI is InChI=1S/C21H27NO2/c23-20(15-7-11-17-9-3-1-4-10-17)22-16-8-14-19(22)21(24)18-12-5-2-6-13-18/h1,3-4,9-10,12,19H,2,5-8,11,13-16H2/t19-/m0/s1. The summed E-state index contributed by atoms with van der Waals surface area (Å²) in [4.78, 5) is 27.2.